The minimum absolute atomic E-state index is 0. The molecule has 1 heterocycles. The topological polar surface area (TPSA) is 105 Å². The fraction of sp³-hybridized carbons (Fsp3) is 0.0833. The largest absolute Gasteiger partial charge is 0.493 e. The standard InChI is InChI=1S/C12H9ClN4O3S.K/c1-20-10-6-11(13)15-16-12(10)17-21(18,19)9-4-2-3-8(5-9)7-14;/h2-6H,1H3,(H,16,17);. The summed E-state index contributed by atoms with van der Waals surface area (Å²) < 4.78 is 31.7. The van der Waals surface area contributed by atoms with Crippen LogP contribution in [-0.2, 0) is 10.0 Å². The first-order chi connectivity index (χ1) is 9.96. The number of nitrogens with one attached hydrogen (secondary N) is 1. The molecule has 1 radical (unpaired) electrons. The van der Waals surface area contributed by atoms with Gasteiger partial charge >= 0.3 is 0 Å². The number of benzene rings is 1. The van der Waals surface area contributed by atoms with Crippen molar-refractivity contribution in [1.29, 1.82) is 5.26 Å². The van der Waals surface area contributed by atoms with Crippen molar-refractivity contribution in [3.8, 4) is 11.8 Å². The van der Waals surface area contributed by atoms with Crippen molar-refractivity contribution in [2.45, 2.75) is 4.90 Å². The Labute approximate surface area is 175 Å². The van der Waals surface area contributed by atoms with Crippen molar-refractivity contribution < 1.29 is 13.2 Å². The van der Waals surface area contributed by atoms with Gasteiger partial charge in [-0.25, -0.2) is 8.42 Å². The fourth-order valence-electron chi connectivity index (χ4n) is 1.50. The maximum absolute atomic E-state index is 12.2. The summed E-state index contributed by atoms with van der Waals surface area (Å²) in [5.74, 6) is 0.0410. The van der Waals surface area contributed by atoms with E-state index in [4.69, 9.17) is 21.6 Å². The first-order valence-corrected chi connectivity index (χ1v) is 7.42. The first kappa shape index (κ1) is 19.3. The summed E-state index contributed by atoms with van der Waals surface area (Å²) in [7, 11) is -2.57. The van der Waals surface area contributed by atoms with Gasteiger partial charge in [0.05, 0.1) is 23.6 Å². The summed E-state index contributed by atoms with van der Waals surface area (Å²) in [5, 5.41) is 16.1. The van der Waals surface area contributed by atoms with Crippen molar-refractivity contribution >= 4 is 78.8 Å². The minimum Gasteiger partial charge on any atom is -0.493 e. The molecule has 1 aromatic heterocycles. The number of nitriles is 1. The van der Waals surface area contributed by atoms with Gasteiger partial charge in [-0.2, -0.15) is 5.26 Å². The molecule has 0 fully saturated rings. The summed E-state index contributed by atoms with van der Waals surface area (Å²) in [4.78, 5) is -0.0691. The molecule has 0 saturated heterocycles. The van der Waals surface area contributed by atoms with E-state index in [1.54, 1.807) is 0 Å². The van der Waals surface area contributed by atoms with Crippen LogP contribution in [0.2, 0.25) is 5.15 Å². The van der Waals surface area contributed by atoms with Crippen molar-refractivity contribution in [3.63, 3.8) is 0 Å². The van der Waals surface area contributed by atoms with Crippen molar-refractivity contribution in [1.82, 2.24) is 10.2 Å². The molecule has 0 amide bonds. The van der Waals surface area contributed by atoms with Crippen LogP contribution in [-0.4, -0.2) is 77.1 Å². The smallest absolute Gasteiger partial charge is 0.263 e. The molecular weight excluding hydrogens is 355 g/mol. The molecule has 10 heteroatoms. The third-order valence-corrected chi connectivity index (χ3v) is 3.97. The third-order valence-electron chi connectivity index (χ3n) is 2.45. The number of aromatic nitrogens is 2. The van der Waals surface area contributed by atoms with Gasteiger partial charge in [0.1, 0.15) is 0 Å². The Morgan fingerprint density at radius 3 is 2.68 bits per heavy atom. The predicted molar refractivity (Wildman–Crippen MR) is 81.3 cm³/mol. The Balaban J connectivity index is 0.00000242. The summed E-state index contributed by atoms with van der Waals surface area (Å²) in [6.45, 7) is 0. The zero-order valence-electron chi connectivity index (χ0n) is 11.7. The number of hydrogen-bond donors (Lipinski definition) is 1. The first-order valence-electron chi connectivity index (χ1n) is 5.56. The molecule has 22 heavy (non-hydrogen) atoms. The van der Waals surface area contributed by atoms with Crippen molar-refractivity contribution in [2.24, 2.45) is 0 Å². The van der Waals surface area contributed by atoms with E-state index in [1.807, 2.05) is 6.07 Å². The number of halogens is 1. The van der Waals surface area contributed by atoms with Crippen molar-refractivity contribution in [3.05, 3.63) is 41.0 Å². The zero-order chi connectivity index (χ0) is 15.5. The van der Waals surface area contributed by atoms with Gasteiger partial charge in [-0.1, -0.05) is 17.7 Å². The van der Waals surface area contributed by atoms with E-state index < -0.39 is 10.0 Å². The number of hydrogen-bond acceptors (Lipinski definition) is 6. The SMILES string of the molecule is COc1cc(Cl)nnc1NS(=O)(=O)c1cccc(C#N)c1.[K]. The van der Waals surface area contributed by atoms with Gasteiger partial charge in [0.25, 0.3) is 10.0 Å². The second kappa shape index (κ2) is 8.21. The predicted octanol–water partition coefficient (Wildman–Crippen LogP) is 1.43. The van der Waals surface area contributed by atoms with E-state index in [-0.39, 0.29) is 78.6 Å². The molecule has 2 aromatic rings. The van der Waals surface area contributed by atoms with Crippen LogP contribution < -0.4 is 9.46 Å². The minimum atomic E-state index is -3.92. The molecule has 0 saturated carbocycles. The van der Waals surface area contributed by atoms with E-state index in [0.29, 0.717) is 0 Å². The Kier molecular flexibility index (Phi) is 7.21. The van der Waals surface area contributed by atoms with Gasteiger partial charge in [0.2, 0.25) is 5.82 Å². The van der Waals surface area contributed by atoms with Crippen molar-refractivity contribution in [2.75, 3.05) is 11.8 Å². The van der Waals surface area contributed by atoms with Crippen LogP contribution in [0.3, 0.4) is 0 Å². The van der Waals surface area contributed by atoms with Crippen LogP contribution in [0.5, 0.6) is 5.75 Å². The maximum atomic E-state index is 12.2. The van der Waals surface area contributed by atoms with E-state index >= 15 is 0 Å². The number of sulfonamides is 1. The van der Waals surface area contributed by atoms with Gasteiger partial charge in [-0.05, 0) is 18.2 Å². The van der Waals surface area contributed by atoms with Crippen LogP contribution in [0.15, 0.2) is 35.2 Å². The van der Waals surface area contributed by atoms with Crippen LogP contribution >= 0.6 is 11.6 Å². The van der Waals surface area contributed by atoms with Gasteiger partial charge in [-0.3, -0.25) is 4.72 Å². The normalized spacial score (nSPS) is 10.2. The van der Waals surface area contributed by atoms with E-state index in [0.717, 1.165) is 0 Å². The van der Waals surface area contributed by atoms with Gasteiger partial charge < -0.3 is 4.74 Å². The number of rotatable bonds is 4. The van der Waals surface area contributed by atoms with E-state index in [1.165, 1.54) is 37.4 Å². The molecule has 109 valence electrons. The van der Waals surface area contributed by atoms with Gasteiger partial charge in [0, 0.05) is 57.5 Å². The molecule has 0 aliphatic heterocycles. The Hall–Kier alpha value is -0.734. The van der Waals surface area contributed by atoms with Crippen LogP contribution in [0.25, 0.3) is 0 Å². The second-order valence-electron chi connectivity index (χ2n) is 3.83. The molecule has 0 unspecified atom stereocenters. The van der Waals surface area contributed by atoms with Crippen LogP contribution in [0.4, 0.5) is 5.82 Å². The molecule has 0 aliphatic rings. The van der Waals surface area contributed by atoms with Crippen LogP contribution in [0.1, 0.15) is 5.56 Å². The monoisotopic (exact) mass is 363 g/mol. The summed E-state index contributed by atoms with van der Waals surface area (Å²) in [6, 6.07) is 8.78. The molecule has 1 aromatic carbocycles. The maximum Gasteiger partial charge on any atom is 0.263 e. The number of ether oxygens (including phenoxy) is 1. The molecule has 2 rings (SSSR count). The fourth-order valence-corrected chi connectivity index (χ4v) is 2.69. The number of nitrogens with zero attached hydrogens (tertiary/aromatic N) is 3. The van der Waals surface area contributed by atoms with Gasteiger partial charge in [0.15, 0.2) is 10.9 Å². The average molecular weight is 364 g/mol. The molecule has 0 spiro atoms. The van der Waals surface area contributed by atoms with Crippen LogP contribution in [0, 0.1) is 11.3 Å². The summed E-state index contributed by atoms with van der Waals surface area (Å²) in [6.07, 6.45) is 0. The molecule has 0 atom stereocenters. The molecule has 1 N–H and O–H groups in total. The Morgan fingerprint density at radius 1 is 1.32 bits per heavy atom. The number of anilines is 1. The molecule has 7 nitrogen and oxygen atoms in total. The second-order valence-corrected chi connectivity index (χ2v) is 5.90. The Morgan fingerprint density at radius 2 is 2.05 bits per heavy atom. The summed E-state index contributed by atoms with van der Waals surface area (Å²) >= 11 is 5.66. The number of methoxy groups -OCH3 is 1. The summed E-state index contributed by atoms with van der Waals surface area (Å²) in [5.41, 5.74) is 0.229. The third kappa shape index (κ3) is 4.63. The average Bonchev–Trinajstić information content (AvgIpc) is 2.49. The molecular formula is C12H9ClKN4O3S. The zero-order valence-corrected chi connectivity index (χ0v) is 16.4. The van der Waals surface area contributed by atoms with Gasteiger partial charge in [-0.15, -0.1) is 10.2 Å². The molecule has 0 bridgehead atoms. The molecule has 0 aliphatic carbocycles. The quantitative estimate of drug-likeness (QED) is 0.824. The van der Waals surface area contributed by atoms with E-state index in [9.17, 15) is 8.42 Å². The van der Waals surface area contributed by atoms with E-state index in [2.05, 4.69) is 14.9 Å². The Bertz CT molecular complexity index is 823.